The van der Waals surface area contributed by atoms with E-state index in [2.05, 4.69) is 107 Å². The second-order valence-corrected chi connectivity index (χ2v) is 13.8. The summed E-state index contributed by atoms with van der Waals surface area (Å²) in [5.41, 5.74) is 7.95. The number of benzene rings is 4. The van der Waals surface area contributed by atoms with Gasteiger partial charge in [0.05, 0.1) is 5.41 Å². The van der Waals surface area contributed by atoms with Crippen LogP contribution in [0.2, 0.25) is 0 Å². The molecule has 1 N–H and O–H groups in total. The molecule has 2 aliphatic rings. The smallest absolute Gasteiger partial charge is 0.295 e. The van der Waals surface area contributed by atoms with Crippen LogP contribution in [0, 0.1) is 6.92 Å². The molecule has 2 heterocycles. The normalized spacial score (nSPS) is 18.6. The number of rotatable bonds is 5. The molecule has 6 rings (SSSR count). The quantitative estimate of drug-likeness (QED) is 0.191. The molecular formula is C36H39N2O3S+. The second kappa shape index (κ2) is 9.65. The van der Waals surface area contributed by atoms with Crippen LogP contribution in [0.25, 0.3) is 21.5 Å². The topological polar surface area (TPSA) is 60.6 Å². The van der Waals surface area contributed by atoms with Gasteiger partial charge < -0.3 is 4.90 Å². The van der Waals surface area contributed by atoms with Crippen molar-refractivity contribution in [1.82, 2.24) is 0 Å². The van der Waals surface area contributed by atoms with E-state index in [1.54, 1.807) is 6.07 Å². The first-order valence-corrected chi connectivity index (χ1v) is 16.2. The molecule has 216 valence electrons. The summed E-state index contributed by atoms with van der Waals surface area (Å²) >= 11 is 0. The molecule has 4 aromatic carbocycles. The van der Waals surface area contributed by atoms with Crippen molar-refractivity contribution in [2.45, 2.75) is 64.2 Å². The van der Waals surface area contributed by atoms with Crippen molar-refractivity contribution in [2.24, 2.45) is 0 Å². The van der Waals surface area contributed by atoms with Crippen LogP contribution in [0.5, 0.6) is 0 Å². The van der Waals surface area contributed by atoms with Gasteiger partial charge >= 0.3 is 0 Å². The van der Waals surface area contributed by atoms with Crippen LogP contribution >= 0.6 is 0 Å². The predicted molar refractivity (Wildman–Crippen MR) is 174 cm³/mol. The molecule has 0 saturated carbocycles. The van der Waals surface area contributed by atoms with Gasteiger partial charge in [-0.2, -0.15) is 13.0 Å². The third-order valence-corrected chi connectivity index (χ3v) is 10.3. The number of aryl methyl sites for hydroxylation is 1. The Bertz CT molecular complexity index is 2000. The largest absolute Gasteiger partial charge is 0.344 e. The lowest BCUT2D eigenvalue weighted by Gasteiger charge is -2.26. The van der Waals surface area contributed by atoms with Gasteiger partial charge in [-0.3, -0.25) is 4.55 Å². The molecule has 0 amide bonds. The van der Waals surface area contributed by atoms with E-state index >= 15 is 0 Å². The molecule has 0 atom stereocenters. The lowest BCUT2D eigenvalue weighted by Crippen LogP contribution is -2.28. The summed E-state index contributed by atoms with van der Waals surface area (Å²) < 4.78 is 36.5. The van der Waals surface area contributed by atoms with E-state index in [-0.39, 0.29) is 15.7 Å². The summed E-state index contributed by atoms with van der Waals surface area (Å²) in [7, 11) is -4.35. The fourth-order valence-corrected chi connectivity index (χ4v) is 8.21. The van der Waals surface area contributed by atoms with Crippen LogP contribution in [0.1, 0.15) is 58.2 Å². The Morgan fingerprint density at radius 3 is 2.17 bits per heavy atom. The Hall–Kier alpha value is -3.74. The summed E-state index contributed by atoms with van der Waals surface area (Å²) in [6, 6.07) is 20.0. The highest BCUT2D eigenvalue weighted by atomic mass is 32.2. The fraction of sp³-hybridized carbons (Fsp3) is 0.306. The van der Waals surface area contributed by atoms with Crippen molar-refractivity contribution in [3.63, 3.8) is 0 Å². The lowest BCUT2D eigenvalue weighted by molar-refractivity contribution is -0.433. The van der Waals surface area contributed by atoms with Gasteiger partial charge in [0.1, 0.15) is 11.4 Å². The molecule has 0 unspecified atom stereocenters. The van der Waals surface area contributed by atoms with E-state index in [9.17, 15) is 13.0 Å². The highest BCUT2D eigenvalue weighted by Gasteiger charge is 2.45. The Morgan fingerprint density at radius 2 is 1.50 bits per heavy atom. The first-order chi connectivity index (χ1) is 19.8. The van der Waals surface area contributed by atoms with Crippen LogP contribution in [0.3, 0.4) is 0 Å². The Balaban J connectivity index is 1.46. The van der Waals surface area contributed by atoms with E-state index in [1.807, 2.05) is 18.2 Å². The minimum absolute atomic E-state index is 0.0548. The second-order valence-electron chi connectivity index (χ2n) is 12.5. The van der Waals surface area contributed by atoms with Crippen LogP contribution < -0.4 is 4.90 Å². The van der Waals surface area contributed by atoms with Gasteiger partial charge in [0.2, 0.25) is 5.69 Å². The molecule has 0 bridgehead atoms. The summed E-state index contributed by atoms with van der Waals surface area (Å²) in [5.74, 6) is 0. The Morgan fingerprint density at radius 1 is 0.833 bits per heavy atom. The first kappa shape index (κ1) is 28.4. The van der Waals surface area contributed by atoms with E-state index in [0.717, 1.165) is 35.4 Å². The number of hydrogen-bond acceptors (Lipinski definition) is 3. The highest BCUT2D eigenvalue weighted by molar-refractivity contribution is 7.86. The minimum Gasteiger partial charge on any atom is -0.344 e. The number of nitrogens with zero attached hydrogens (tertiary/aromatic N) is 2. The molecule has 0 saturated heterocycles. The van der Waals surface area contributed by atoms with Gasteiger partial charge in [-0.05, 0) is 86.2 Å². The van der Waals surface area contributed by atoms with Crippen molar-refractivity contribution >= 4 is 48.7 Å². The SMILES string of the molecule is CCN1C(=CC=CC2=[N+](CC)c3ccc4c(S(=O)(=O)O)cccc4c3C2(C)C)C(C)(C)c2c1ccc1c(C)cccc21. The van der Waals surface area contributed by atoms with E-state index in [1.165, 1.54) is 39.4 Å². The molecule has 4 aromatic rings. The molecule has 0 aromatic heterocycles. The first-order valence-electron chi connectivity index (χ1n) is 14.7. The molecule has 5 nitrogen and oxygen atoms in total. The molecule has 0 aliphatic carbocycles. The van der Waals surface area contributed by atoms with E-state index in [4.69, 9.17) is 0 Å². The number of likely N-dealkylation sites (N-methyl/N-ethyl adjacent to an activating group) is 1. The molecule has 42 heavy (non-hydrogen) atoms. The number of hydrogen-bond donors (Lipinski definition) is 1. The lowest BCUT2D eigenvalue weighted by atomic mass is 9.78. The van der Waals surface area contributed by atoms with Gasteiger partial charge in [-0.25, -0.2) is 0 Å². The molecule has 0 radical (unpaired) electrons. The van der Waals surface area contributed by atoms with Crippen molar-refractivity contribution < 1.29 is 17.5 Å². The average molecular weight is 580 g/mol. The third-order valence-electron chi connectivity index (χ3n) is 9.37. The van der Waals surface area contributed by atoms with Crippen LogP contribution in [-0.2, 0) is 20.9 Å². The van der Waals surface area contributed by atoms with Crippen LogP contribution in [0.4, 0.5) is 11.4 Å². The summed E-state index contributed by atoms with van der Waals surface area (Å²) in [6.45, 7) is 17.2. The average Bonchev–Trinajstić information content (AvgIpc) is 3.30. The molecule has 6 heteroatoms. The monoisotopic (exact) mass is 579 g/mol. The van der Waals surface area contributed by atoms with Crippen molar-refractivity contribution in [3.05, 3.63) is 101 Å². The standard InChI is InChI=1S/C36H38N2O3S/c1-8-37-28-21-19-24-23(3)13-10-14-26(24)33(28)35(4,5)31(37)17-12-18-32-36(6,7)34-27-15-11-16-30(42(39,40)41)25(27)20-22-29(34)38(32)9-2/h10-22H,8-9H2,1-7H3/p+1. The van der Waals surface area contributed by atoms with Gasteiger partial charge in [0.15, 0.2) is 5.71 Å². The highest BCUT2D eigenvalue weighted by Crippen LogP contribution is 2.51. The maximum absolute atomic E-state index is 12.2. The van der Waals surface area contributed by atoms with Crippen molar-refractivity contribution in [3.8, 4) is 0 Å². The van der Waals surface area contributed by atoms with Gasteiger partial charge in [0.25, 0.3) is 10.1 Å². The van der Waals surface area contributed by atoms with Crippen molar-refractivity contribution in [2.75, 3.05) is 18.0 Å². The van der Waals surface area contributed by atoms with Gasteiger partial charge in [-0.1, -0.05) is 56.3 Å². The third kappa shape index (κ3) is 3.99. The zero-order chi connectivity index (χ0) is 30.2. The molecule has 0 spiro atoms. The maximum atomic E-state index is 12.2. The zero-order valence-corrected chi connectivity index (χ0v) is 26.3. The van der Waals surface area contributed by atoms with E-state index < -0.39 is 10.1 Å². The van der Waals surface area contributed by atoms with Gasteiger partial charge in [-0.15, -0.1) is 0 Å². The summed E-state index contributed by atoms with van der Waals surface area (Å²) in [4.78, 5) is 2.38. The minimum atomic E-state index is -4.35. The molecule has 2 aliphatic heterocycles. The number of allylic oxidation sites excluding steroid dienone is 4. The van der Waals surface area contributed by atoms with Crippen LogP contribution in [0.15, 0.2) is 89.5 Å². The van der Waals surface area contributed by atoms with E-state index in [0.29, 0.717) is 5.39 Å². The number of fused-ring (bicyclic) bond motifs is 6. The fourth-order valence-electron chi connectivity index (χ4n) is 7.51. The Kier molecular flexibility index (Phi) is 6.52. The van der Waals surface area contributed by atoms with Gasteiger partial charge in [0, 0.05) is 46.4 Å². The zero-order valence-electron chi connectivity index (χ0n) is 25.5. The molecular weight excluding hydrogens is 540 g/mol. The summed E-state index contributed by atoms with van der Waals surface area (Å²) in [6.07, 6.45) is 6.65. The summed E-state index contributed by atoms with van der Waals surface area (Å²) in [5, 5.41) is 4.01. The Labute approximate surface area is 249 Å². The van der Waals surface area contributed by atoms with Crippen LogP contribution in [-0.4, -0.2) is 36.3 Å². The molecule has 0 fully saturated rings. The van der Waals surface area contributed by atoms with Crippen molar-refractivity contribution in [1.29, 1.82) is 0 Å². The predicted octanol–water partition coefficient (Wildman–Crippen LogP) is 8.20. The number of anilines is 1. The maximum Gasteiger partial charge on any atom is 0.295 e.